The van der Waals surface area contributed by atoms with Crippen LogP contribution in [-0.4, -0.2) is 10.8 Å². The second-order valence-electron chi connectivity index (χ2n) is 6.02. The van der Waals surface area contributed by atoms with Gasteiger partial charge in [-0.3, -0.25) is 0 Å². The molecule has 0 unspecified atom stereocenters. The summed E-state index contributed by atoms with van der Waals surface area (Å²) in [5.41, 5.74) is 5.40. The van der Waals surface area contributed by atoms with Gasteiger partial charge in [-0.05, 0) is 37.1 Å². The SMILES string of the molecule is CCc1nc(N2N=C(c3ccccc3)[NH2+]N2c2ccccc2)sc1CC.[Br-]. The summed E-state index contributed by atoms with van der Waals surface area (Å²) >= 11 is 1.72. The third-order valence-corrected chi connectivity index (χ3v) is 5.54. The Hall–Kier alpha value is -2.22. The lowest BCUT2D eigenvalue weighted by Crippen LogP contribution is -3.00. The number of aromatic nitrogens is 1. The molecule has 0 amide bonds. The number of hydrazine groups is 1. The van der Waals surface area contributed by atoms with Gasteiger partial charge in [0.25, 0.3) is 5.84 Å². The molecule has 0 spiro atoms. The number of benzene rings is 2. The molecule has 1 aromatic heterocycles. The molecule has 0 saturated carbocycles. The maximum absolute atomic E-state index is 4.88. The van der Waals surface area contributed by atoms with E-state index in [4.69, 9.17) is 10.1 Å². The monoisotopic (exact) mass is 443 g/mol. The predicted molar refractivity (Wildman–Crippen MR) is 107 cm³/mol. The number of hydrogen-bond donors (Lipinski definition) is 1. The van der Waals surface area contributed by atoms with Crippen molar-refractivity contribution in [2.45, 2.75) is 26.7 Å². The van der Waals surface area contributed by atoms with Gasteiger partial charge in [0, 0.05) is 4.88 Å². The van der Waals surface area contributed by atoms with Gasteiger partial charge in [0.05, 0.1) is 11.3 Å². The van der Waals surface area contributed by atoms with E-state index in [1.807, 2.05) is 41.5 Å². The van der Waals surface area contributed by atoms with Crippen LogP contribution in [0.15, 0.2) is 65.8 Å². The molecule has 7 heteroatoms. The van der Waals surface area contributed by atoms with Crippen molar-refractivity contribution >= 4 is 28.0 Å². The van der Waals surface area contributed by atoms with Gasteiger partial charge in [0.1, 0.15) is 5.69 Å². The fraction of sp³-hybridized carbons (Fsp3) is 0.200. The number of nitrogens with zero attached hydrogens (tertiary/aromatic N) is 4. The maximum atomic E-state index is 4.88. The molecule has 1 aliphatic heterocycles. The van der Waals surface area contributed by atoms with Gasteiger partial charge >= 0.3 is 0 Å². The molecule has 0 fully saturated rings. The van der Waals surface area contributed by atoms with Crippen molar-refractivity contribution in [2.24, 2.45) is 5.10 Å². The number of anilines is 2. The average molecular weight is 444 g/mol. The summed E-state index contributed by atoms with van der Waals surface area (Å²) in [6.07, 6.45) is 1.94. The van der Waals surface area contributed by atoms with Crippen LogP contribution in [0.25, 0.3) is 0 Å². The molecule has 0 atom stereocenters. The molecule has 1 aliphatic rings. The minimum Gasteiger partial charge on any atom is -1.00 e. The molecule has 2 heterocycles. The van der Waals surface area contributed by atoms with Gasteiger partial charge in [-0.15, -0.1) is 5.12 Å². The number of rotatable bonds is 5. The Kier molecular flexibility index (Phi) is 6.26. The van der Waals surface area contributed by atoms with E-state index in [0.717, 1.165) is 35.1 Å². The molecular weight excluding hydrogens is 422 g/mol. The zero-order valence-corrected chi connectivity index (χ0v) is 17.7. The van der Waals surface area contributed by atoms with Crippen molar-refractivity contribution in [1.29, 1.82) is 0 Å². The van der Waals surface area contributed by atoms with E-state index in [9.17, 15) is 0 Å². The highest BCUT2D eigenvalue weighted by Crippen LogP contribution is 2.30. The highest BCUT2D eigenvalue weighted by molar-refractivity contribution is 7.15. The van der Waals surface area contributed by atoms with Crippen LogP contribution in [0, 0.1) is 0 Å². The van der Waals surface area contributed by atoms with Gasteiger partial charge in [-0.25, -0.2) is 4.98 Å². The molecule has 27 heavy (non-hydrogen) atoms. The number of thiazole rings is 1. The van der Waals surface area contributed by atoms with E-state index < -0.39 is 0 Å². The molecule has 2 N–H and O–H groups in total. The average Bonchev–Trinajstić information content (AvgIpc) is 3.33. The first-order valence-electron chi connectivity index (χ1n) is 8.92. The number of hydrazone groups is 1. The van der Waals surface area contributed by atoms with E-state index in [1.54, 1.807) is 11.3 Å². The Morgan fingerprint density at radius 2 is 1.59 bits per heavy atom. The maximum Gasteiger partial charge on any atom is 0.277 e. The minimum atomic E-state index is 0. The lowest BCUT2D eigenvalue weighted by molar-refractivity contribution is -0.545. The van der Waals surface area contributed by atoms with E-state index in [2.05, 4.69) is 48.7 Å². The Balaban J connectivity index is 0.00000210. The Labute approximate surface area is 174 Å². The van der Waals surface area contributed by atoms with Gasteiger partial charge < -0.3 is 17.0 Å². The molecule has 2 aromatic carbocycles. The first kappa shape index (κ1) is 19.5. The predicted octanol–water partition coefficient (Wildman–Crippen LogP) is 0.354. The van der Waals surface area contributed by atoms with Crippen LogP contribution in [0.4, 0.5) is 10.8 Å². The van der Waals surface area contributed by atoms with Crippen LogP contribution in [0.5, 0.6) is 0 Å². The molecule has 0 saturated heterocycles. The van der Waals surface area contributed by atoms with Crippen LogP contribution in [-0.2, 0) is 12.8 Å². The summed E-state index contributed by atoms with van der Waals surface area (Å²) in [5, 5.41) is 9.77. The fourth-order valence-electron chi connectivity index (χ4n) is 3.00. The number of hydrogen-bond acceptors (Lipinski definition) is 5. The standard InChI is InChI=1S/C20H21N5S.BrH/c1-3-17-18(4-2)26-20(21-17)25-23-19(15-11-7-5-8-12-15)22-24(25)16-13-9-6-10-14-16;/h5-14H,3-4H2,1-2H3,(H,22,23);1H. The summed E-state index contributed by atoms with van der Waals surface area (Å²) in [5.74, 6) is 0.931. The van der Waals surface area contributed by atoms with Crippen molar-refractivity contribution in [3.05, 3.63) is 76.8 Å². The zero-order chi connectivity index (χ0) is 17.9. The molecule has 4 rings (SSSR count). The van der Waals surface area contributed by atoms with Crippen molar-refractivity contribution in [2.75, 3.05) is 10.2 Å². The fourth-order valence-corrected chi connectivity index (χ4v) is 4.03. The highest BCUT2D eigenvalue weighted by atomic mass is 79.9. The van der Waals surface area contributed by atoms with Gasteiger partial charge in [0.15, 0.2) is 0 Å². The molecule has 0 radical (unpaired) electrons. The summed E-state index contributed by atoms with van der Waals surface area (Å²) in [6.45, 7) is 4.34. The number of para-hydroxylation sites is 1. The first-order chi connectivity index (χ1) is 12.8. The second kappa shape index (κ2) is 8.65. The lowest BCUT2D eigenvalue weighted by Gasteiger charge is -2.21. The largest absolute Gasteiger partial charge is 1.00 e. The lowest BCUT2D eigenvalue weighted by atomic mass is 10.2. The topological polar surface area (TPSA) is 48.3 Å². The van der Waals surface area contributed by atoms with Crippen LogP contribution >= 0.6 is 11.3 Å². The number of nitrogens with two attached hydrogens (primary N) is 1. The quantitative estimate of drug-likeness (QED) is 0.578. The van der Waals surface area contributed by atoms with Gasteiger partial charge in [-0.2, -0.15) is 5.43 Å². The molecular formula is C20H22BrN5S. The molecule has 5 nitrogen and oxygen atoms in total. The second-order valence-corrected chi connectivity index (χ2v) is 7.09. The van der Waals surface area contributed by atoms with Gasteiger partial charge in [0.2, 0.25) is 5.13 Å². The van der Waals surface area contributed by atoms with E-state index >= 15 is 0 Å². The minimum absolute atomic E-state index is 0. The van der Waals surface area contributed by atoms with E-state index in [-0.39, 0.29) is 17.0 Å². The van der Waals surface area contributed by atoms with Crippen LogP contribution in [0.3, 0.4) is 0 Å². The zero-order valence-electron chi connectivity index (χ0n) is 15.3. The third kappa shape index (κ3) is 3.90. The first-order valence-corrected chi connectivity index (χ1v) is 9.73. The summed E-state index contributed by atoms with van der Waals surface area (Å²) < 4.78 is 0. The Bertz CT molecular complexity index is 889. The number of aryl methyl sites for hydroxylation is 2. The molecule has 3 aromatic rings. The van der Waals surface area contributed by atoms with Crippen molar-refractivity contribution < 1.29 is 22.4 Å². The van der Waals surface area contributed by atoms with E-state index in [1.165, 1.54) is 10.6 Å². The van der Waals surface area contributed by atoms with E-state index in [0.29, 0.717) is 0 Å². The third-order valence-electron chi connectivity index (χ3n) is 4.34. The Morgan fingerprint density at radius 3 is 2.19 bits per heavy atom. The van der Waals surface area contributed by atoms with Crippen LogP contribution in [0.2, 0.25) is 0 Å². The van der Waals surface area contributed by atoms with Crippen LogP contribution < -0.4 is 32.6 Å². The highest BCUT2D eigenvalue weighted by Gasteiger charge is 2.33. The molecule has 0 bridgehead atoms. The van der Waals surface area contributed by atoms with Crippen LogP contribution in [0.1, 0.15) is 30.0 Å². The number of quaternary nitrogens is 1. The molecule has 140 valence electrons. The summed E-state index contributed by atoms with van der Waals surface area (Å²) in [7, 11) is 0. The Morgan fingerprint density at radius 1 is 0.926 bits per heavy atom. The van der Waals surface area contributed by atoms with Crippen molar-refractivity contribution in [3.63, 3.8) is 0 Å². The smallest absolute Gasteiger partial charge is 0.277 e. The van der Waals surface area contributed by atoms with Gasteiger partial charge in [-0.1, -0.05) is 71.8 Å². The number of halogens is 1. The number of amidine groups is 1. The normalized spacial score (nSPS) is 13.5. The van der Waals surface area contributed by atoms with Crippen molar-refractivity contribution in [3.8, 4) is 0 Å². The van der Waals surface area contributed by atoms with Crippen molar-refractivity contribution in [1.82, 2.24) is 4.98 Å². The summed E-state index contributed by atoms with van der Waals surface area (Å²) in [6, 6.07) is 20.5. The molecule has 0 aliphatic carbocycles. The summed E-state index contributed by atoms with van der Waals surface area (Å²) in [4.78, 5) is 6.19.